The molecular weight excluding hydrogens is 839 g/mol. The van der Waals surface area contributed by atoms with Crippen LogP contribution in [0.5, 0.6) is 0 Å². The van der Waals surface area contributed by atoms with Crippen molar-refractivity contribution in [1.29, 1.82) is 0 Å². The number of rotatable bonds is 5. The quantitative estimate of drug-likeness (QED) is 0.0889. The molecule has 17 atom stereocenters. The van der Waals surface area contributed by atoms with Crippen molar-refractivity contribution in [3.63, 3.8) is 0 Å². The number of ketones is 1. The van der Waals surface area contributed by atoms with Crippen LogP contribution in [-0.4, -0.2) is 110 Å². The summed E-state index contributed by atoms with van der Waals surface area (Å²) in [5.41, 5.74) is -0.997. The summed E-state index contributed by atoms with van der Waals surface area (Å²) in [6, 6.07) is 0. The van der Waals surface area contributed by atoms with Gasteiger partial charge in [0.25, 0.3) is 0 Å². The molecule has 0 radical (unpaired) electrons. The van der Waals surface area contributed by atoms with Gasteiger partial charge in [-0.25, -0.2) is 0 Å². The van der Waals surface area contributed by atoms with Crippen molar-refractivity contribution in [3.8, 4) is 0 Å². The second-order valence-corrected chi connectivity index (χ2v) is 19.5. The Bertz CT molecular complexity index is 1650. The molecule has 6 fully saturated rings. The Morgan fingerprint density at radius 3 is 1.88 bits per heavy atom. The van der Waals surface area contributed by atoms with E-state index in [1.165, 1.54) is 5.57 Å². The third kappa shape index (κ3) is 9.54. The molecule has 18 heteroatoms. The zero-order valence-corrected chi connectivity index (χ0v) is 42.5. The van der Waals surface area contributed by atoms with Crippen molar-refractivity contribution in [2.24, 2.45) is 50.2 Å². The number of aliphatic hydroxyl groups is 5. The Labute approximate surface area is 436 Å². The second kappa shape index (κ2) is 20.6. The summed E-state index contributed by atoms with van der Waals surface area (Å²) in [4.78, 5) is 59.7. The van der Waals surface area contributed by atoms with E-state index in [-0.39, 0.29) is 166 Å². The molecule has 7 aliphatic rings. The van der Waals surface area contributed by atoms with Gasteiger partial charge in [-0.15, -0.1) is 0 Å². The van der Waals surface area contributed by atoms with Gasteiger partial charge in [0.15, 0.2) is 18.4 Å². The van der Waals surface area contributed by atoms with Crippen LogP contribution in [0, 0.1) is 63.5 Å². The number of carbonyl (C=O) groups is 2. The van der Waals surface area contributed by atoms with E-state index in [4.69, 9.17) is 38.1 Å². The minimum absolute atomic E-state index is 0. The number of fused-ring (bicyclic) bond motifs is 7. The van der Waals surface area contributed by atoms with Crippen molar-refractivity contribution in [3.05, 3.63) is 24.9 Å². The molecule has 0 amide bonds. The number of ether oxygens (including phenoxy) is 4. The molecule has 0 spiro atoms. The standard InChI is InChI=1S/C40H60O12.2CO2.2K/c1-35(2)25-8-11-40(7)31(22(41)16-20-21-17-37(4,34(47)48)13-12-36(21,3)14-15-39(20,40)6)38(25,5)10-9-26(35)51-33-30(28(45)24(43)19-50-33)52-32-29(46)27(44)23(42)18-49-32;2*2-1-3;;/h16,18-19,21,23-33,42-46H,8-15,17H2,1-7H3,(H,47,48);;;;/q-2;;;2*+1/t21-,23+,24+,25-,26-,27?,28-,29?,30?,31+,32+,33+,36+,37-,38-,39+,40+;;;;/m0..../s1. The van der Waals surface area contributed by atoms with Gasteiger partial charge in [0.05, 0.1) is 23.7 Å². The monoisotopic (exact) mass is 898 g/mol. The van der Waals surface area contributed by atoms with E-state index in [9.17, 15) is 40.2 Å². The molecule has 7 rings (SSSR count). The van der Waals surface area contributed by atoms with Gasteiger partial charge in [0.1, 0.15) is 12.2 Å². The molecule has 4 saturated carbocycles. The van der Waals surface area contributed by atoms with Crippen LogP contribution in [0.25, 0.3) is 0 Å². The minimum atomic E-state index is -1.64. The third-order valence-corrected chi connectivity index (χ3v) is 16.3. The Kier molecular flexibility index (Phi) is 18.8. The first-order valence-electron chi connectivity index (χ1n) is 20.1. The number of carbonyl (C=O) groups excluding carboxylic acids is 5. The topological polar surface area (TPSA) is 261 Å². The fourth-order valence-electron chi connectivity index (χ4n) is 12.6. The average Bonchev–Trinajstić information content (AvgIpc) is 3.14. The van der Waals surface area contributed by atoms with Gasteiger partial charge in [-0.3, -0.25) is 9.59 Å². The Hall–Kier alpha value is 0.553. The SMILES string of the molecule is CC1(C)[C@@H](O[C@H]2O[CH-][C@@H](O)[C@H](O)C2O[C@H]2O[CH-][C@@H](O)C(O)C2O)CC[C@]2(C)[C@H]3C(=O)C=C4[C@@H]5C[C@@](C)(C(=O)O)CC[C@]5(C)CC[C@@]4(C)[C@]3(C)CC[C@@H]12.O=C=O.O=C=O.[K+].[K+]. The van der Waals surface area contributed by atoms with E-state index in [0.717, 1.165) is 45.3 Å². The zero-order chi connectivity index (χ0) is 43.4. The van der Waals surface area contributed by atoms with E-state index in [2.05, 4.69) is 41.5 Å². The number of aliphatic hydroxyl groups excluding tert-OH is 5. The fourth-order valence-corrected chi connectivity index (χ4v) is 12.6. The smallest absolute Gasteiger partial charge is 0.525 e. The fraction of sp³-hybridized carbons (Fsp3) is 0.810. The van der Waals surface area contributed by atoms with E-state index < -0.39 is 66.0 Å². The number of carboxylic acid groups (broad SMARTS) is 1. The van der Waals surface area contributed by atoms with Crippen LogP contribution in [0.2, 0.25) is 0 Å². The van der Waals surface area contributed by atoms with Gasteiger partial charge < -0.3 is 49.6 Å². The maximum absolute atomic E-state index is 14.8. The van der Waals surface area contributed by atoms with Crippen LogP contribution in [0.4, 0.5) is 0 Å². The summed E-state index contributed by atoms with van der Waals surface area (Å²) < 4.78 is 23.6. The van der Waals surface area contributed by atoms with Gasteiger partial charge in [-0.1, -0.05) is 47.1 Å². The first-order chi connectivity index (χ1) is 27.0. The largest absolute Gasteiger partial charge is 1.00 e. The number of allylic oxidation sites excluding steroid dienone is 2. The summed E-state index contributed by atoms with van der Waals surface area (Å²) in [5.74, 6) is -0.663. The van der Waals surface area contributed by atoms with Crippen molar-refractivity contribution in [2.75, 3.05) is 0 Å². The Morgan fingerprint density at radius 2 is 1.30 bits per heavy atom. The van der Waals surface area contributed by atoms with Crippen LogP contribution in [0.15, 0.2) is 11.6 Å². The number of hydrogen-bond donors (Lipinski definition) is 6. The molecule has 326 valence electrons. The van der Waals surface area contributed by atoms with Gasteiger partial charge >= 0.3 is 121 Å². The molecule has 0 bridgehead atoms. The Morgan fingerprint density at radius 1 is 0.750 bits per heavy atom. The predicted molar refractivity (Wildman–Crippen MR) is 195 cm³/mol. The third-order valence-electron chi connectivity index (χ3n) is 16.3. The Balaban J connectivity index is 0.00000113. The summed E-state index contributed by atoms with van der Waals surface area (Å²) >= 11 is 0. The maximum atomic E-state index is 14.8. The van der Waals surface area contributed by atoms with Crippen molar-refractivity contribution in [2.45, 2.75) is 162 Å². The molecular formula is C42H60K2O16. The van der Waals surface area contributed by atoms with Gasteiger partial charge in [-0.05, 0) is 122 Å². The van der Waals surface area contributed by atoms with Crippen molar-refractivity contribution in [1.82, 2.24) is 0 Å². The number of hydrogen-bond acceptors (Lipinski definition) is 15. The molecule has 16 nitrogen and oxygen atoms in total. The average molecular weight is 899 g/mol. The molecule has 0 aromatic carbocycles. The molecule has 60 heavy (non-hydrogen) atoms. The van der Waals surface area contributed by atoms with Crippen LogP contribution in [0.1, 0.15) is 106 Å². The molecule has 6 N–H and O–H groups in total. The van der Waals surface area contributed by atoms with Crippen molar-refractivity contribution < 1.29 is 181 Å². The van der Waals surface area contributed by atoms with Crippen LogP contribution in [0.3, 0.4) is 0 Å². The second-order valence-electron chi connectivity index (χ2n) is 19.5. The molecule has 2 saturated heterocycles. The van der Waals surface area contributed by atoms with E-state index >= 15 is 0 Å². The first kappa shape index (κ1) is 54.9. The van der Waals surface area contributed by atoms with Gasteiger partial charge in [-0.2, -0.15) is 32.4 Å². The summed E-state index contributed by atoms with van der Waals surface area (Å²) in [6.07, 6.45) is -2.36. The normalized spacial score (nSPS) is 47.5. The van der Waals surface area contributed by atoms with Crippen LogP contribution in [-0.2, 0) is 47.7 Å². The summed E-state index contributed by atoms with van der Waals surface area (Å²) in [5, 5.41) is 62.2. The molecule has 0 aromatic rings. The zero-order valence-electron chi connectivity index (χ0n) is 36.3. The molecule has 2 aliphatic heterocycles. The molecule has 0 aromatic heterocycles. The summed E-state index contributed by atoms with van der Waals surface area (Å²) in [6.45, 7) is 17.5. The number of carboxylic acids is 1. The summed E-state index contributed by atoms with van der Waals surface area (Å²) in [7, 11) is 0. The van der Waals surface area contributed by atoms with Crippen molar-refractivity contribution >= 4 is 24.1 Å². The van der Waals surface area contributed by atoms with Crippen LogP contribution < -0.4 is 103 Å². The maximum Gasteiger partial charge on any atom is 1.00 e. The van der Waals surface area contributed by atoms with Gasteiger partial charge in [0.2, 0.25) is 0 Å². The van der Waals surface area contributed by atoms with Gasteiger partial charge in [0, 0.05) is 5.92 Å². The minimum Gasteiger partial charge on any atom is -0.525 e. The number of aliphatic carboxylic acids is 1. The van der Waals surface area contributed by atoms with E-state index in [0.29, 0.717) is 25.7 Å². The predicted octanol–water partition coefficient (Wildman–Crippen LogP) is -3.50. The molecule has 2 heterocycles. The molecule has 3 unspecified atom stereocenters. The van der Waals surface area contributed by atoms with Crippen LogP contribution >= 0.6 is 0 Å². The van der Waals surface area contributed by atoms with E-state index in [1.54, 1.807) is 0 Å². The van der Waals surface area contributed by atoms with E-state index in [1.807, 2.05) is 13.0 Å². The molecule has 5 aliphatic carbocycles. The first-order valence-corrected chi connectivity index (χ1v) is 20.1.